The second-order valence-electron chi connectivity index (χ2n) is 12.1. The van der Waals surface area contributed by atoms with E-state index in [1.165, 1.54) is 44.9 Å². The van der Waals surface area contributed by atoms with E-state index in [1.807, 2.05) is 0 Å². The fraction of sp³-hybridized carbons (Fsp3) is 1.00. The van der Waals surface area contributed by atoms with Crippen LogP contribution < -0.4 is 0 Å². The van der Waals surface area contributed by atoms with Crippen molar-refractivity contribution in [3.8, 4) is 0 Å². The summed E-state index contributed by atoms with van der Waals surface area (Å²) >= 11 is 0. The molecule has 0 aromatic carbocycles. The topological polar surface area (TPSA) is 49.7 Å². The Kier molecular flexibility index (Phi) is 5.46. The van der Waals surface area contributed by atoms with Gasteiger partial charge in [-0.05, 0) is 105 Å². The predicted octanol–water partition coefficient (Wildman–Crippen LogP) is 5.18. The Hall–Kier alpha value is -0.120. The summed E-state index contributed by atoms with van der Waals surface area (Å²) in [7, 11) is 0. The van der Waals surface area contributed by atoms with E-state index in [0.29, 0.717) is 29.5 Å². The summed E-state index contributed by atoms with van der Waals surface area (Å²) in [5, 5.41) is 20.9. The molecule has 4 fully saturated rings. The molecule has 2 N–H and O–H groups in total. The first-order valence-electron chi connectivity index (χ1n) is 12.1. The molecule has 28 heavy (non-hydrogen) atoms. The highest BCUT2D eigenvalue weighted by Gasteiger charge is 2.61. The number of hydrogen-bond donors (Lipinski definition) is 2. The van der Waals surface area contributed by atoms with Gasteiger partial charge < -0.3 is 14.9 Å². The highest BCUT2D eigenvalue weighted by Crippen LogP contribution is 2.67. The normalized spacial score (nSPS) is 52.1. The van der Waals surface area contributed by atoms with Crippen LogP contribution in [0.25, 0.3) is 0 Å². The van der Waals surface area contributed by atoms with E-state index in [0.717, 1.165) is 30.6 Å². The summed E-state index contributed by atoms with van der Waals surface area (Å²) in [5.74, 6) is 3.43. The van der Waals surface area contributed by atoms with Crippen molar-refractivity contribution in [3.63, 3.8) is 0 Å². The summed E-state index contributed by atoms with van der Waals surface area (Å²) in [6.07, 6.45) is 10.9. The maximum atomic E-state index is 10.7. The first kappa shape index (κ1) is 21.1. The highest BCUT2D eigenvalue weighted by molar-refractivity contribution is 5.10. The second-order valence-corrected chi connectivity index (χ2v) is 12.1. The lowest BCUT2D eigenvalue weighted by Gasteiger charge is -2.61. The number of aliphatic hydroxyl groups excluding tert-OH is 1. The fourth-order valence-corrected chi connectivity index (χ4v) is 8.06. The minimum atomic E-state index is -0.441. The molecule has 0 bridgehead atoms. The predicted molar refractivity (Wildman–Crippen MR) is 113 cm³/mol. The van der Waals surface area contributed by atoms with Crippen LogP contribution in [0.2, 0.25) is 0 Å². The molecule has 4 aliphatic rings. The monoisotopic (exact) mass is 392 g/mol. The zero-order chi connectivity index (χ0) is 20.3. The highest BCUT2D eigenvalue weighted by atomic mass is 16.5. The third-order valence-corrected chi connectivity index (χ3v) is 10.1. The molecule has 0 aromatic heterocycles. The van der Waals surface area contributed by atoms with Gasteiger partial charge in [-0.25, -0.2) is 0 Å². The van der Waals surface area contributed by atoms with Crippen LogP contribution in [0.4, 0.5) is 0 Å². The Morgan fingerprint density at radius 1 is 0.893 bits per heavy atom. The summed E-state index contributed by atoms with van der Waals surface area (Å²) < 4.78 is 6.35. The van der Waals surface area contributed by atoms with Crippen molar-refractivity contribution >= 4 is 0 Å². The van der Waals surface area contributed by atoms with Crippen molar-refractivity contribution in [1.29, 1.82) is 0 Å². The van der Waals surface area contributed by atoms with E-state index in [4.69, 9.17) is 4.74 Å². The van der Waals surface area contributed by atoms with Crippen LogP contribution in [0.3, 0.4) is 0 Å². The summed E-state index contributed by atoms with van der Waals surface area (Å²) in [6.45, 7) is 11.7. The minimum Gasteiger partial charge on any atom is -0.390 e. The number of hydrogen-bond acceptors (Lipinski definition) is 3. The van der Waals surface area contributed by atoms with Crippen molar-refractivity contribution < 1.29 is 14.9 Å². The Balaban J connectivity index is 1.48. The van der Waals surface area contributed by atoms with Crippen LogP contribution in [-0.4, -0.2) is 34.6 Å². The van der Waals surface area contributed by atoms with Crippen LogP contribution in [0.1, 0.15) is 92.4 Å². The molecule has 4 aliphatic carbocycles. The summed E-state index contributed by atoms with van der Waals surface area (Å²) in [6, 6.07) is 0. The van der Waals surface area contributed by atoms with Gasteiger partial charge in [-0.1, -0.05) is 27.7 Å². The van der Waals surface area contributed by atoms with Gasteiger partial charge in [-0.3, -0.25) is 0 Å². The molecule has 5 unspecified atom stereocenters. The number of aliphatic hydroxyl groups is 2. The van der Waals surface area contributed by atoms with Crippen molar-refractivity contribution in [1.82, 2.24) is 0 Å². The van der Waals surface area contributed by atoms with Crippen molar-refractivity contribution in [2.45, 2.75) is 110 Å². The van der Waals surface area contributed by atoms with Gasteiger partial charge in [0.15, 0.2) is 0 Å². The molecule has 3 nitrogen and oxygen atoms in total. The molecule has 0 aliphatic heterocycles. The van der Waals surface area contributed by atoms with E-state index >= 15 is 0 Å². The van der Waals surface area contributed by atoms with Crippen LogP contribution in [0.15, 0.2) is 0 Å². The van der Waals surface area contributed by atoms with Crippen LogP contribution in [0.5, 0.6) is 0 Å². The third-order valence-electron chi connectivity index (χ3n) is 10.1. The van der Waals surface area contributed by atoms with Gasteiger partial charge in [-0.15, -0.1) is 0 Å². The fourth-order valence-electron chi connectivity index (χ4n) is 8.06. The summed E-state index contributed by atoms with van der Waals surface area (Å²) in [5.41, 5.74) is 0.282. The Bertz CT molecular complexity index is 572. The van der Waals surface area contributed by atoms with E-state index in [2.05, 4.69) is 34.6 Å². The van der Waals surface area contributed by atoms with Gasteiger partial charge in [0, 0.05) is 0 Å². The molecule has 9 atom stereocenters. The first-order chi connectivity index (χ1) is 13.1. The second kappa shape index (κ2) is 7.24. The summed E-state index contributed by atoms with van der Waals surface area (Å²) in [4.78, 5) is 0. The molecule has 0 spiro atoms. The molecular weight excluding hydrogens is 348 g/mol. The Labute approximate surface area is 172 Å². The van der Waals surface area contributed by atoms with Gasteiger partial charge in [0.05, 0.1) is 24.4 Å². The molecule has 0 aromatic rings. The molecule has 0 heterocycles. The van der Waals surface area contributed by atoms with Gasteiger partial charge >= 0.3 is 0 Å². The molecule has 4 saturated carbocycles. The lowest BCUT2D eigenvalue weighted by atomic mass is 9.44. The molecule has 0 saturated heterocycles. The molecule has 4 rings (SSSR count). The molecule has 0 radical (unpaired) electrons. The van der Waals surface area contributed by atoms with Crippen LogP contribution in [0, 0.1) is 40.4 Å². The Morgan fingerprint density at radius 3 is 2.32 bits per heavy atom. The van der Waals surface area contributed by atoms with Crippen molar-refractivity contribution in [2.75, 3.05) is 6.61 Å². The zero-order valence-electron chi connectivity index (χ0n) is 18.9. The van der Waals surface area contributed by atoms with Gasteiger partial charge in [0.1, 0.15) is 0 Å². The largest absolute Gasteiger partial charge is 0.390 e. The number of fused-ring (bicyclic) bond motifs is 5. The van der Waals surface area contributed by atoms with E-state index < -0.39 is 5.60 Å². The minimum absolute atomic E-state index is 0.263. The number of rotatable bonds is 4. The average Bonchev–Trinajstić information content (AvgIpc) is 2.96. The van der Waals surface area contributed by atoms with E-state index in [9.17, 15) is 10.2 Å². The first-order valence-corrected chi connectivity index (χ1v) is 12.1. The smallest absolute Gasteiger partial charge is 0.0796 e. The van der Waals surface area contributed by atoms with Gasteiger partial charge in [-0.2, -0.15) is 0 Å². The van der Waals surface area contributed by atoms with Gasteiger partial charge in [0.2, 0.25) is 0 Å². The third kappa shape index (κ3) is 3.38. The van der Waals surface area contributed by atoms with Gasteiger partial charge in [0.25, 0.3) is 0 Å². The SMILES string of the molecule is CC(C)C(O)CO[C@H]1CCC2C3CCC4C[C@@](C)(O)CC[C@]4(C)C3CC[C@@]21C. The molecule has 162 valence electrons. The quantitative estimate of drug-likeness (QED) is 0.693. The van der Waals surface area contributed by atoms with Crippen molar-refractivity contribution in [3.05, 3.63) is 0 Å². The van der Waals surface area contributed by atoms with E-state index in [1.54, 1.807) is 0 Å². The lowest BCUT2D eigenvalue weighted by Crippen LogP contribution is -2.56. The zero-order valence-corrected chi connectivity index (χ0v) is 18.9. The maximum Gasteiger partial charge on any atom is 0.0796 e. The van der Waals surface area contributed by atoms with Crippen LogP contribution >= 0.6 is 0 Å². The Morgan fingerprint density at radius 2 is 1.61 bits per heavy atom. The molecular formula is C25H44O3. The maximum absolute atomic E-state index is 10.7. The lowest BCUT2D eigenvalue weighted by molar-refractivity contribution is -0.158. The van der Waals surface area contributed by atoms with Crippen molar-refractivity contribution in [2.24, 2.45) is 40.4 Å². The number of ether oxygens (including phenoxy) is 1. The standard InChI is InChI=1S/C25H44O3/c1-16(2)21(26)15-28-22-9-8-19-18-7-6-17-14-23(3,27)12-13-24(17,4)20(18)10-11-25(19,22)5/h16-22,26-27H,6-15H2,1-5H3/t17?,18?,19?,20?,21?,22-,23-,24-,25-/m0/s1. The van der Waals surface area contributed by atoms with E-state index in [-0.39, 0.29) is 12.0 Å². The molecule has 3 heteroatoms. The molecule has 0 amide bonds. The van der Waals surface area contributed by atoms with Crippen LogP contribution in [-0.2, 0) is 4.74 Å². The average molecular weight is 393 g/mol.